The molecule has 0 aliphatic rings. The van der Waals surface area contributed by atoms with E-state index in [1.807, 2.05) is 18.7 Å². The predicted molar refractivity (Wildman–Crippen MR) is 76.5 cm³/mol. The molecule has 0 aromatic carbocycles. The van der Waals surface area contributed by atoms with Crippen LogP contribution in [0.25, 0.3) is 0 Å². The van der Waals surface area contributed by atoms with Gasteiger partial charge in [0.1, 0.15) is 0 Å². The van der Waals surface area contributed by atoms with E-state index < -0.39 is 0 Å². The van der Waals surface area contributed by atoms with Gasteiger partial charge in [-0.2, -0.15) is 5.10 Å². The molecule has 4 nitrogen and oxygen atoms in total. The largest absolute Gasteiger partial charge is 0.271 e. The lowest BCUT2D eigenvalue weighted by Crippen LogP contribution is -2.37. The Labute approximate surface area is 115 Å². The highest BCUT2D eigenvalue weighted by molar-refractivity contribution is 6.31. The van der Waals surface area contributed by atoms with Gasteiger partial charge >= 0.3 is 0 Å². The highest BCUT2D eigenvalue weighted by atomic mass is 35.5. The molecule has 1 atom stereocenters. The summed E-state index contributed by atoms with van der Waals surface area (Å²) in [5, 5.41) is 5.09. The molecule has 0 spiro atoms. The van der Waals surface area contributed by atoms with Crippen molar-refractivity contribution in [2.24, 2.45) is 12.9 Å². The number of rotatable bonds is 8. The molecule has 0 aliphatic carbocycles. The molecule has 0 bridgehead atoms. The Bertz CT molecular complexity index is 362. The number of hydrogen-bond donors (Lipinski definition) is 2. The Morgan fingerprint density at radius 2 is 2.11 bits per heavy atom. The zero-order valence-electron chi connectivity index (χ0n) is 11.7. The van der Waals surface area contributed by atoms with Crippen molar-refractivity contribution in [3.8, 4) is 0 Å². The van der Waals surface area contributed by atoms with Crippen LogP contribution >= 0.6 is 11.6 Å². The molecule has 0 amide bonds. The fraction of sp³-hybridized carbons (Fsp3) is 0.769. The molecule has 0 radical (unpaired) electrons. The molecule has 1 unspecified atom stereocenters. The van der Waals surface area contributed by atoms with Gasteiger partial charge in [-0.15, -0.1) is 0 Å². The molecule has 0 fully saturated rings. The third-order valence-corrected chi connectivity index (χ3v) is 3.83. The minimum atomic E-state index is 0.272. The van der Waals surface area contributed by atoms with Gasteiger partial charge < -0.3 is 0 Å². The van der Waals surface area contributed by atoms with Crippen LogP contribution in [0.2, 0.25) is 5.02 Å². The van der Waals surface area contributed by atoms with E-state index in [-0.39, 0.29) is 6.04 Å². The third kappa shape index (κ3) is 4.26. The molecular weight excluding hydrogens is 248 g/mol. The van der Waals surface area contributed by atoms with Crippen LogP contribution in [-0.4, -0.2) is 15.8 Å². The minimum Gasteiger partial charge on any atom is -0.271 e. The molecule has 0 aliphatic heterocycles. The molecule has 104 valence electrons. The van der Waals surface area contributed by atoms with E-state index in [1.165, 1.54) is 25.7 Å². The van der Waals surface area contributed by atoms with Crippen molar-refractivity contribution in [3.63, 3.8) is 0 Å². The molecule has 1 rings (SSSR count). The minimum absolute atomic E-state index is 0.272. The number of unbranched alkanes of at least 4 members (excludes halogenated alkanes) is 3. The smallest absolute Gasteiger partial charge is 0.0847 e. The molecule has 0 saturated heterocycles. The van der Waals surface area contributed by atoms with Crippen molar-refractivity contribution in [1.29, 1.82) is 0 Å². The van der Waals surface area contributed by atoms with Gasteiger partial charge in [-0.3, -0.25) is 16.0 Å². The second-order valence-electron chi connectivity index (χ2n) is 4.89. The Kier molecular flexibility index (Phi) is 6.68. The number of aromatic nitrogens is 2. The van der Waals surface area contributed by atoms with Crippen molar-refractivity contribution < 1.29 is 0 Å². The number of hydrogen-bond acceptors (Lipinski definition) is 3. The fourth-order valence-corrected chi connectivity index (χ4v) is 2.43. The highest BCUT2D eigenvalue weighted by Crippen LogP contribution is 2.21. The Hall–Kier alpha value is -0.580. The lowest BCUT2D eigenvalue weighted by molar-refractivity contribution is 0.453. The van der Waals surface area contributed by atoms with Crippen molar-refractivity contribution in [3.05, 3.63) is 16.4 Å². The molecular formula is C13H25ClN4. The number of halogens is 1. The fourth-order valence-electron chi connectivity index (χ4n) is 2.20. The molecule has 3 N–H and O–H groups in total. The van der Waals surface area contributed by atoms with E-state index in [2.05, 4.69) is 17.4 Å². The summed E-state index contributed by atoms with van der Waals surface area (Å²) in [5.41, 5.74) is 4.84. The number of hydrazine groups is 1. The van der Waals surface area contributed by atoms with Gasteiger partial charge in [-0.1, -0.05) is 44.2 Å². The lowest BCUT2D eigenvalue weighted by atomic mass is 10.0. The first-order valence-electron chi connectivity index (χ1n) is 6.74. The van der Waals surface area contributed by atoms with Crippen LogP contribution in [0.5, 0.6) is 0 Å². The zero-order valence-corrected chi connectivity index (χ0v) is 12.4. The summed E-state index contributed by atoms with van der Waals surface area (Å²) in [5.74, 6) is 5.62. The number of nitrogens with zero attached hydrogens (tertiary/aromatic N) is 2. The van der Waals surface area contributed by atoms with Gasteiger partial charge in [0.15, 0.2) is 0 Å². The van der Waals surface area contributed by atoms with E-state index >= 15 is 0 Å². The van der Waals surface area contributed by atoms with Crippen LogP contribution < -0.4 is 11.3 Å². The summed E-state index contributed by atoms with van der Waals surface area (Å²) >= 11 is 6.25. The second kappa shape index (κ2) is 7.77. The first-order valence-corrected chi connectivity index (χ1v) is 7.12. The normalized spacial score (nSPS) is 12.9. The summed E-state index contributed by atoms with van der Waals surface area (Å²) < 4.78 is 1.86. The quantitative estimate of drug-likeness (QED) is 0.435. The van der Waals surface area contributed by atoms with E-state index in [1.54, 1.807) is 0 Å². The average Bonchev–Trinajstić information content (AvgIpc) is 2.59. The van der Waals surface area contributed by atoms with Gasteiger partial charge in [-0.05, 0) is 13.3 Å². The monoisotopic (exact) mass is 272 g/mol. The molecule has 5 heteroatoms. The molecule has 1 heterocycles. The predicted octanol–water partition coefficient (Wildman–Crippen LogP) is 2.73. The van der Waals surface area contributed by atoms with Crippen LogP contribution in [0.4, 0.5) is 0 Å². The van der Waals surface area contributed by atoms with Gasteiger partial charge in [0.2, 0.25) is 0 Å². The average molecular weight is 273 g/mol. The van der Waals surface area contributed by atoms with Crippen LogP contribution in [0.15, 0.2) is 0 Å². The number of nitrogens with two attached hydrogens (primary N) is 1. The van der Waals surface area contributed by atoms with Crippen molar-refractivity contribution in [1.82, 2.24) is 15.2 Å². The zero-order chi connectivity index (χ0) is 13.5. The van der Waals surface area contributed by atoms with Gasteiger partial charge in [0.25, 0.3) is 0 Å². The number of nitrogens with one attached hydrogen (secondary N) is 1. The van der Waals surface area contributed by atoms with Gasteiger partial charge in [0.05, 0.1) is 16.4 Å². The van der Waals surface area contributed by atoms with Gasteiger partial charge in [-0.25, -0.2) is 0 Å². The topological polar surface area (TPSA) is 55.9 Å². The van der Waals surface area contributed by atoms with E-state index in [0.29, 0.717) is 0 Å². The molecule has 18 heavy (non-hydrogen) atoms. The second-order valence-corrected chi connectivity index (χ2v) is 5.26. The maximum absolute atomic E-state index is 6.25. The first-order chi connectivity index (χ1) is 8.60. The van der Waals surface area contributed by atoms with Crippen molar-refractivity contribution >= 4 is 11.6 Å². The van der Waals surface area contributed by atoms with E-state index in [9.17, 15) is 0 Å². The third-order valence-electron chi connectivity index (χ3n) is 3.34. The summed E-state index contributed by atoms with van der Waals surface area (Å²) in [6, 6.07) is 0.272. The summed E-state index contributed by atoms with van der Waals surface area (Å²) in [7, 11) is 1.93. The van der Waals surface area contributed by atoms with Crippen LogP contribution in [0.3, 0.4) is 0 Å². The Balaban J connectivity index is 2.51. The standard InChI is InChI=1S/C13H25ClN4/c1-4-5-6-7-8-11(16-15)9-12-13(14)10(2)17-18(12)3/h11,16H,4-9,15H2,1-3H3. The Morgan fingerprint density at radius 3 is 2.61 bits per heavy atom. The molecule has 1 aromatic rings. The summed E-state index contributed by atoms with van der Waals surface area (Å²) in [4.78, 5) is 0. The molecule has 0 saturated carbocycles. The SMILES string of the molecule is CCCCCCC(Cc1c(Cl)c(C)nn1C)NN. The highest BCUT2D eigenvalue weighted by Gasteiger charge is 2.15. The maximum Gasteiger partial charge on any atom is 0.0847 e. The first kappa shape index (κ1) is 15.5. The van der Waals surface area contributed by atoms with Crippen molar-refractivity contribution in [2.75, 3.05) is 0 Å². The number of aryl methyl sites for hydroxylation is 2. The van der Waals surface area contributed by atoms with Crippen LogP contribution in [0.1, 0.15) is 50.4 Å². The molecule has 1 aromatic heterocycles. The van der Waals surface area contributed by atoms with Crippen molar-refractivity contribution in [2.45, 2.75) is 58.4 Å². The lowest BCUT2D eigenvalue weighted by Gasteiger charge is -2.16. The maximum atomic E-state index is 6.25. The van der Waals surface area contributed by atoms with E-state index in [4.69, 9.17) is 17.4 Å². The van der Waals surface area contributed by atoms with Gasteiger partial charge in [0, 0.05) is 19.5 Å². The van der Waals surface area contributed by atoms with E-state index in [0.717, 1.165) is 29.3 Å². The summed E-state index contributed by atoms with van der Waals surface area (Å²) in [6.45, 7) is 4.15. The van der Waals surface area contributed by atoms with Crippen LogP contribution in [0, 0.1) is 6.92 Å². The summed E-state index contributed by atoms with van der Waals surface area (Å²) in [6.07, 6.45) is 6.94. The van der Waals surface area contributed by atoms with Crippen LogP contribution in [-0.2, 0) is 13.5 Å². The Morgan fingerprint density at radius 1 is 1.39 bits per heavy atom.